The van der Waals surface area contributed by atoms with Gasteiger partial charge in [-0.15, -0.1) is 0 Å². The van der Waals surface area contributed by atoms with Gasteiger partial charge in [0, 0.05) is 13.6 Å². The van der Waals surface area contributed by atoms with E-state index in [0.717, 1.165) is 0 Å². The zero-order chi connectivity index (χ0) is 12.2. The third-order valence-electron chi connectivity index (χ3n) is 2.21. The first-order chi connectivity index (χ1) is 6.77. The van der Waals surface area contributed by atoms with Gasteiger partial charge in [0.15, 0.2) is 0 Å². The number of hydrogen-bond acceptors (Lipinski definition) is 2. The minimum Gasteiger partial charge on any atom is -0.481 e. The number of carboxylic acids is 1. The van der Waals surface area contributed by atoms with E-state index in [0.29, 0.717) is 12.5 Å². The molecule has 0 spiro atoms. The molecular weight excluding hydrogens is 194 g/mol. The van der Waals surface area contributed by atoms with Gasteiger partial charge in [0.2, 0.25) is 5.91 Å². The number of carboxylic acid groups (broad SMARTS) is 1. The first kappa shape index (κ1) is 13.9. The van der Waals surface area contributed by atoms with Gasteiger partial charge in [-0.05, 0) is 11.8 Å². The summed E-state index contributed by atoms with van der Waals surface area (Å²) in [7, 11) is 1.65. The van der Waals surface area contributed by atoms with Crippen molar-refractivity contribution in [2.75, 3.05) is 13.6 Å². The molecule has 0 saturated heterocycles. The average Bonchev–Trinajstić information content (AvgIpc) is 2.00. The molecule has 0 bridgehead atoms. The molecule has 4 nitrogen and oxygen atoms in total. The van der Waals surface area contributed by atoms with Crippen LogP contribution in [0.3, 0.4) is 0 Å². The van der Waals surface area contributed by atoms with E-state index >= 15 is 0 Å². The maximum Gasteiger partial charge on any atom is 0.316 e. The minimum atomic E-state index is -1.04. The molecule has 1 unspecified atom stereocenters. The van der Waals surface area contributed by atoms with Crippen LogP contribution in [-0.2, 0) is 9.59 Å². The molecule has 0 aliphatic rings. The summed E-state index contributed by atoms with van der Waals surface area (Å²) in [6.45, 7) is 8.08. The lowest BCUT2D eigenvalue weighted by Gasteiger charge is -2.24. The lowest BCUT2D eigenvalue weighted by molar-refractivity contribution is -0.152. The summed E-state index contributed by atoms with van der Waals surface area (Å²) in [5.74, 6) is -2.09. The third kappa shape index (κ3) is 4.32. The predicted molar refractivity (Wildman–Crippen MR) is 58.4 cm³/mol. The van der Waals surface area contributed by atoms with Crippen molar-refractivity contribution in [3.8, 4) is 0 Å². The summed E-state index contributed by atoms with van der Waals surface area (Å²) in [5, 5.41) is 8.95. The zero-order valence-corrected chi connectivity index (χ0v) is 10.2. The minimum absolute atomic E-state index is 0.176. The van der Waals surface area contributed by atoms with E-state index in [-0.39, 0.29) is 11.8 Å². The Hall–Kier alpha value is -1.06. The molecule has 15 heavy (non-hydrogen) atoms. The molecular formula is C11H21NO3. The molecule has 88 valence electrons. The fourth-order valence-corrected chi connectivity index (χ4v) is 1.55. The Bertz CT molecular complexity index is 236. The van der Waals surface area contributed by atoms with Crippen LogP contribution < -0.4 is 0 Å². The number of amides is 1. The summed E-state index contributed by atoms with van der Waals surface area (Å²) in [6.07, 6.45) is 0. The summed E-state index contributed by atoms with van der Waals surface area (Å²) in [6, 6.07) is 0. The van der Waals surface area contributed by atoms with E-state index in [1.165, 1.54) is 4.90 Å². The van der Waals surface area contributed by atoms with Crippen LogP contribution in [0, 0.1) is 17.8 Å². The maximum absolute atomic E-state index is 11.8. The number of rotatable bonds is 5. The van der Waals surface area contributed by atoms with Crippen LogP contribution >= 0.6 is 0 Å². The van der Waals surface area contributed by atoms with E-state index < -0.39 is 11.9 Å². The molecule has 1 N–H and O–H groups in total. The second kappa shape index (κ2) is 5.73. The summed E-state index contributed by atoms with van der Waals surface area (Å²) in [4.78, 5) is 24.2. The smallest absolute Gasteiger partial charge is 0.316 e. The van der Waals surface area contributed by atoms with Crippen molar-refractivity contribution >= 4 is 11.9 Å². The van der Waals surface area contributed by atoms with Gasteiger partial charge in [0.1, 0.15) is 5.92 Å². The van der Waals surface area contributed by atoms with E-state index in [4.69, 9.17) is 5.11 Å². The van der Waals surface area contributed by atoms with Crippen LogP contribution in [0.5, 0.6) is 0 Å². The first-order valence-electron chi connectivity index (χ1n) is 5.25. The van der Waals surface area contributed by atoms with Gasteiger partial charge < -0.3 is 10.0 Å². The van der Waals surface area contributed by atoms with Crippen molar-refractivity contribution in [1.29, 1.82) is 0 Å². The lowest BCUT2D eigenvalue weighted by Crippen LogP contribution is -2.41. The van der Waals surface area contributed by atoms with Crippen LogP contribution in [0.4, 0.5) is 0 Å². The van der Waals surface area contributed by atoms with Crippen molar-refractivity contribution in [1.82, 2.24) is 4.90 Å². The van der Waals surface area contributed by atoms with Crippen molar-refractivity contribution in [3.05, 3.63) is 0 Å². The Morgan fingerprint density at radius 2 is 1.67 bits per heavy atom. The van der Waals surface area contributed by atoms with Crippen LogP contribution in [-0.4, -0.2) is 35.5 Å². The maximum atomic E-state index is 11.8. The van der Waals surface area contributed by atoms with E-state index in [1.807, 2.05) is 13.8 Å². The molecule has 0 aromatic rings. The number of nitrogens with zero attached hydrogens (tertiary/aromatic N) is 1. The number of aliphatic carboxylic acids is 1. The van der Waals surface area contributed by atoms with Crippen molar-refractivity contribution in [3.63, 3.8) is 0 Å². The van der Waals surface area contributed by atoms with Gasteiger partial charge in [-0.3, -0.25) is 9.59 Å². The Kier molecular flexibility index (Phi) is 5.33. The van der Waals surface area contributed by atoms with E-state index in [2.05, 4.69) is 0 Å². The topological polar surface area (TPSA) is 57.6 Å². The fourth-order valence-electron chi connectivity index (χ4n) is 1.55. The highest BCUT2D eigenvalue weighted by molar-refractivity contribution is 5.97. The number of carbonyl (C=O) groups is 2. The number of hydrogen-bond donors (Lipinski definition) is 1. The van der Waals surface area contributed by atoms with Gasteiger partial charge in [0.25, 0.3) is 0 Å². The van der Waals surface area contributed by atoms with Crippen molar-refractivity contribution in [2.24, 2.45) is 17.8 Å². The van der Waals surface area contributed by atoms with Crippen molar-refractivity contribution in [2.45, 2.75) is 27.7 Å². The standard InChI is InChI=1S/C11H21NO3/c1-7(2)6-12(5)10(13)9(8(3)4)11(14)15/h7-9H,6H2,1-5H3,(H,14,15). The highest BCUT2D eigenvalue weighted by Gasteiger charge is 2.31. The Balaban J connectivity index is 4.57. The Morgan fingerprint density at radius 1 is 1.20 bits per heavy atom. The summed E-state index contributed by atoms with van der Waals surface area (Å²) >= 11 is 0. The van der Waals surface area contributed by atoms with Crippen molar-refractivity contribution < 1.29 is 14.7 Å². The fraction of sp³-hybridized carbons (Fsp3) is 0.818. The van der Waals surface area contributed by atoms with Crippen LogP contribution in [0.1, 0.15) is 27.7 Å². The van der Waals surface area contributed by atoms with Gasteiger partial charge in [0.05, 0.1) is 0 Å². The molecule has 0 aliphatic heterocycles. The lowest BCUT2D eigenvalue weighted by atomic mass is 9.94. The molecule has 4 heteroatoms. The molecule has 0 aliphatic carbocycles. The van der Waals surface area contributed by atoms with Gasteiger partial charge >= 0.3 is 5.97 Å². The second-order valence-electron chi connectivity index (χ2n) is 4.67. The summed E-state index contributed by atoms with van der Waals surface area (Å²) in [5.41, 5.74) is 0. The molecule has 0 saturated carbocycles. The highest BCUT2D eigenvalue weighted by atomic mass is 16.4. The average molecular weight is 215 g/mol. The molecule has 0 heterocycles. The summed E-state index contributed by atoms with van der Waals surface area (Å²) < 4.78 is 0. The highest BCUT2D eigenvalue weighted by Crippen LogP contribution is 2.14. The monoisotopic (exact) mass is 215 g/mol. The largest absolute Gasteiger partial charge is 0.481 e. The van der Waals surface area contributed by atoms with Crippen LogP contribution in [0.2, 0.25) is 0 Å². The molecule has 0 fully saturated rings. The van der Waals surface area contributed by atoms with Gasteiger partial charge in [-0.2, -0.15) is 0 Å². The molecule has 1 atom stereocenters. The molecule has 0 rings (SSSR count). The Morgan fingerprint density at radius 3 is 1.93 bits per heavy atom. The normalized spacial score (nSPS) is 13.0. The van der Waals surface area contributed by atoms with E-state index in [1.54, 1.807) is 20.9 Å². The third-order valence-corrected chi connectivity index (χ3v) is 2.21. The van der Waals surface area contributed by atoms with Crippen LogP contribution in [0.25, 0.3) is 0 Å². The van der Waals surface area contributed by atoms with E-state index in [9.17, 15) is 9.59 Å². The van der Waals surface area contributed by atoms with Gasteiger partial charge in [-0.25, -0.2) is 0 Å². The van der Waals surface area contributed by atoms with Gasteiger partial charge in [-0.1, -0.05) is 27.7 Å². The zero-order valence-electron chi connectivity index (χ0n) is 10.2. The quantitative estimate of drug-likeness (QED) is 0.706. The van der Waals surface area contributed by atoms with Crippen LogP contribution in [0.15, 0.2) is 0 Å². The molecule has 0 radical (unpaired) electrons. The molecule has 0 aromatic heterocycles. The predicted octanol–water partition coefficient (Wildman–Crippen LogP) is 1.46. The molecule has 0 aromatic carbocycles. The first-order valence-corrected chi connectivity index (χ1v) is 5.25. The Labute approximate surface area is 91.3 Å². The second-order valence-corrected chi connectivity index (χ2v) is 4.67. The SMILES string of the molecule is CC(C)CN(C)C(=O)C(C(=O)O)C(C)C. The molecule has 1 amide bonds. The number of carbonyl (C=O) groups excluding carboxylic acids is 1.